The molecule has 2 N–H and O–H groups in total. The molecule has 0 saturated heterocycles. The molecule has 0 fully saturated rings. The summed E-state index contributed by atoms with van der Waals surface area (Å²) in [6.45, 7) is 0. The second-order valence-electron chi connectivity index (χ2n) is 3.89. The molecular formula is C13H12BrNO3S. The quantitative estimate of drug-likeness (QED) is 0.933. The molecule has 2 rings (SSSR count). The van der Waals surface area contributed by atoms with Gasteiger partial charge in [0.05, 0.1) is 12.0 Å². The molecule has 19 heavy (non-hydrogen) atoms. The van der Waals surface area contributed by atoms with Crippen LogP contribution in [0, 0.1) is 0 Å². The second kappa shape index (κ2) is 5.32. The molecule has 0 aromatic heterocycles. The number of benzene rings is 2. The Morgan fingerprint density at radius 3 is 2.42 bits per heavy atom. The number of hydrogen-bond donors (Lipinski definition) is 1. The predicted molar refractivity (Wildman–Crippen MR) is 77.5 cm³/mol. The molecule has 0 amide bonds. The zero-order valence-corrected chi connectivity index (χ0v) is 12.5. The SMILES string of the molecule is COc1ccccc1-c1cc(S(N)(=O)=O)ccc1Br. The summed E-state index contributed by atoms with van der Waals surface area (Å²) in [5.74, 6) is 0.662. The van der Waals surface area contributed by atoms with Gasteiger partial charge in [-0.05, 0) is 24.3 Å². The van der Waals surface area contributed by atoms with Crippen LogP contribution in [0.5, 0.6) is 5.75 Å². The highest BCUT2D eigenvalue weighted by Crippen LogP contribution is 2.35. The number of halogens is 1. The molecule has 0 aliphatic heterocycles. The molecule has 6 heteroatoms. The van der Waals surface area contributed by atoms with Crippen molar-refractivity contribution in [1.82, 2.24) is 0 Å². The van der Waals surface area contributed by atoms with E-state index in [2.05, 4.69) is 15.9 Å². The van der Waals surface area contributed by atoms with E-state index in [4.69, 9.17) is 9.88 Å². The standard InChI is InChI=1S/C13H12BrNO3S/c1-18-13-5-3-2-4-10(13)11-8-9(19(15,16)17)6-7-12(11)14/h2-8H,1H3,(H2,15,16,17). The predicted octanol–water partition coefficient (Wildman–Crippen LogP) is 2.77. The van der Waals surface area contributed by atoms with Gasteiger partial charge in [0.2, 0.25) is 10.0 Å². The van der Waals surface area contributed by atoms with Crippen LogP contribution >= 0.6 is 15.9 Å². The Bertz CT molecular complexity index is 714. The van der Waals surface area contributed by atoms with Crippen LogP contribution in [0.15, 0.2) is 51.8 Å². The maximum Gasteiger partial charge on any atom is 0.238 e. The van der Waals surface area contributed by atoms with Gasteiger partial charge in [-0.1, -0.05) is 34.1 Å². The average Bonchev–Trinajstić information content (AvgIpc) is 2.38. The minimum Gasteiger partial charge on any atom is -0.496 e. The van der Waals surface area contributed by atoms with E-state index in [1.807, 2.05) is 24.3 Å². The van der Waals surface area contributed by atoms with E-state index in [-0.39, 0.29) is 4.90 Å². The fourth-order valence-corrected chi connectivity index (χ4v) is 2.75. The summed E-state index contributed by atoms with van der Waals surface area (Å²) >= 11 is 3.41. The lowest BCUT2D eigenvalue weighted by molar-refractivity contribution is 0.416. The van der Waals surface area contributed by atoms with Crippen LogP contribution in [0.4, 0.5) is 0 Å². The Kier molecular flexibility index (Phi) is 3.93. The molecule has 100 valence electrons. The third kappa shape index (κ3) is 2.97. The molecule has 0 atom stereocenters. The Morgan fingerprint density at radius 2 is 1.79 bits per heavy atom. The smallest absolute Gasteiger partial charge is 0.238 e. The van der Waals surface area contributed by atoms with Crippen molar-refractivity contribution in [3.05, 3.63) is 46.9 Å². The molecule has 0 bridgehead atoms. The van der Waals surface area contributed by atoms with E-state index >= 15 is 0 Å². The van der Waals surface area contributed by atoms with E-state index in [1.165, 1.54) is 12.1 Å². The van der Waals surface area contributed by atoms with Gasteiger partial charge in [0, 0.05) is 15.6 Å². The lowest BCUT2D eigenvalue weighted by Crippen LogP contribution is -2.12. The summed E-state index contributed by atoms with van der Waals surface area (Å²) in [5, 5.41) is 5.15. The molecule has 0 spiro atoms. The summed E-state index contributed by atoms with van der Waals surface area (Å²) in [6, 6.07) is 12.0. The molecule has 2 aromatic rings. The first-order valence-electron chi connectivity index (χ1n) is 5.39. The van der Waals surface area contributed by atoms with Crippen LogP contribution in [0.3, 0.4) is 0 Å². The summed E-state index contributed by atoms with van der Waals surface area (Å²) in [5.41, 5.74) is 1.51. The second-order valence-corrected chi connectivity index (χ2v) is 6.30. The number of nitrogens with two attached hydrogens (primary N) is 1. The maximum absolute atomic E-state index is 11.4. The van der Waals surface area contributed by atoms with Gasteiger partial charge in [-0.25, -0.2) is 13.6 Å². The molecule has 0 unspecified atom stereocenters. The van der Waals surface area contributed by atoms with Gasteiger partial charge in [-0.3, -0.25) is 0 Å². The number of methoxy groups -OCH3 is 1. The molecule has 0 aliphatic rings. The first kappa shape index (κ1) is 14.0. The van der Waals surface area contributed by atoms with Crippen molar-refractivity contribution in [2.45, 2.75) is 4.90 Å². The van der Waals surface area contributed by atoms with Gasteiger partial charge < -0.3 is 4.74 Å². The minimum absolute atomic E-state index is 0.0663. The molecule has 4 nitrogen and oxygen atoms in total. The molecule has 0 radical (unpaired) electrons. The molecular weight excluding hydrogens is 330 g/mol. The highest BCUT2D eigenvalue weighted by atomic mass is 79.9. The average molecular weight is 342 g/mol. The van der Waals surface area contributed by atoms with Gasteiger partial charge in [-0.15, -0.1) is 0 Å². The van der Waals surface area contributed by atoms with E-state index in [9.17, 15) is 8.42 Å². The van der Waals surface area contributed by atoms with Crippen molar-refractivity contribution in [1.29, 1.82) is 0 Å². The lowest BCUT2D eigenvalue weighted by Gasteiger charge is -2.11. The van der Waals surface area contributed by atoms with E-state index in [0.717, 1.165) is 10.0 Å². The Morgan fingerprint density at radius 1 is 1.11 bits per heavy atom. The first-order chi connectivity index (χ1) is 8.93. The van der Waals surface area contributed by atoms with Crippen molar-refractivity contribution < 1.29 is 13.2 Å². The van der Waals surface area contributed by atoms with E-state index in [0.29, 0.717) is 11.3 Å². The Balaban J connectivity index is 2.68. The highest BCUT2D eigenvalue weighted by molar-refractivity contribution is 9.10. The molecule has 2 aromatic carbocycles. The third-order valence-corrected chi connectivity index (χ3v) is 4.27. The molecule has 0 heterocycles. The van der Waals surface area contributed by atoms with E-state index < -0.39 is 10.0 Å². The Hall–Kier alpha value is -1.37. The van der Waals surface area contributed by atoms with Gasteiger partial charge in [0.15, 0.2) is 0 Å². The van der Waals surface area contributed by atoms with Gasteiger partial charge in [0.1, 0.15) is 5.75 Å². The minimum atomic E-state index is -3.73. The van der Waals surface area contributed by atoms with Crippen LogP contribution < -0.4 is 9.88 Å². The number of sulfonamides is 1. The lowest BCUT2D eigenvalue weighted by atomic mass is 10.0. The normalized spacial score (nSPS) is 11.3. The van der Waals surface area contributed by atoms with Crippen molar-refractivity contribution in [2.24, 2.45) is 5.14 Å². The van der Waals surface area contributed by atoms with Crippen LogP contribution in [0.2, 0.25) is 0 Å². The zero-order chi connectivity index (χ0) is 14.0. The number of para-hydroxylation sites is 1. The monoisotopic (exact) mass is 341 g/mol. The fourth-order valence-electron chi connectivity index (χ4n) is 1.75. The summed E-state index contributed by atoms with van der Waals surface area (Å²) < 4.78 is 28.9. The largest absolute Gasteiger partial charge is 0.496 e. The topological polar surface area (TPSA) is 69.4 Å². The van der Waals surface area contributed by atoms with Gasteiger partial charge in [-0.2, -0.15) is 0 Å². The Labute approximate surface area is 120 Å². The zero-order valence-electron chi connectivity index (χ0n) is 10.1. The number of rotatable bonds is 3. The molecule has 0 aliphatic carbocycles. The van der Waals surface area contributed by atoms with Crippen molar-refractivity contribution in [3.63, 3.8) is 0 Å². The first-order valence-corrected chi connectivity index (χ1v) is 7.73. The maximum atomic E-state index is 11.4. The summed E-state index contributed by atoms with van der Waals surface area (Å²) in [6.07, 6.45) is 0. The highest BCUT2D eigenvalue weighted by Gasteiger charge is 2.14. The van der Waals surface area contributed by atoms with Crippen LogP contribution in [0.25, 0.3) is 11.1 Å². The summed E-state index contributed by atoms with van der Waals surface area (Å²) in [7, 11) is -2.17. The number of hydrogen-bond acceptors (Lipinski definition) is 3. The van der Waals surface area contributed by atoms with Crippen molar-refractivity contribution >= 4 is 26.0 Å². The number of primary sulfonamides is 1. The summed E-state index contributed by atoms with van der Waals surface area (Å²) in [4.78, 5) is 0.0663. The third-order valence-electron chi connectivity index (χ3n) is 2.66. The van der Waals surface area contributed by atoms with Crippen molar-refractivity contribution in [2.75, 3.05) is 7.11 Å². The van der Waals surface area contributed by atoms with E-state index in [1.54, 1.807) is 13.2 Å². The molecule has 0 saturated carbocycles. The van der Waals surface area contributed by atoms with Crippen molar-refractivity contribution in [3.8, 4) is 16.9 Å². The van der Waals surface area contributed by atoms with Gasteiger partial charge in [0.25, 0.3) is 0 Å². The van der Waals surface area contributed by atoms with Crippen LogP contribution in [-0.2, 0) is 10.0 Å². The van der Waals surface area contributed by atoms with Crippen LogP contribution in [0.1, 0.15) is 0 Å². The van der Waals surface area contributed by atoms with Gasteiger partial charge >= 0.3 is 0 Å². The number of ether oxygens (including phenoxy) is 1. The van der Waals surface area contributed by atoms with Crippen LogP contribution in [-0.4, -0.2) is 15.5 Å². The fraction of sp³-hybridized carbons (Fsp3) is 0.0769.